The number of hydrogen-bond donors (Lipinski definition) is 2. The number of hydrazine groups is 1. The molecule has 1 aliphatic heterocycles. The molecule has 0 amide bonds. The smallest absolute Gasteiger partial charge is 0.243 e. The number of nitrogen functional groups attached to an aromatic ring is 1. The molecule has 8 nitrogen and oxygen atoms in total. The highest BCUT2D eigenvalue weighted by Crippen LogP contribution is 2.15. The Kier molecular flexibility index (Phi) is 3.55. The molecule has 2 rings (SSSR count). The van der Waals surface area contributed by atoms with Crippen molar-refractivity contribution in [2.24, 2.45) is 5.84 Å². The first kappa shape index (κ1) is 11.8. The summed E-state index contributed by atoms with van der Waals surface area (Å²) < 4.78 is 5.29. The molecule has 0 unspecified atom stereocenters. The van der Waals surface area contributed by atoms with Crippen molar-refractivity contribution in [2.75, 3.05) is 55.6 Å². The zero-order chi connectivity index (χ0) is 12.3. The largest absolute Gasteiger partial charge is 0.378 e. The molecule has 1 aromatic rings. The molecule has 0 radical (unpaired) electrons. The predicted octanol–water partition coefficient (Wildman–Crippen LogP) is -0.940. The van der Waals surface area contributed by atoms with E-state index in [1.54, 1.807) is 0 Å². The van der Waals surface area contributed by atoms with Gasteiger partial charge in [-0.25, -0.2) is 5.84 Å². The number of aromatic nitrogens is 3. The maximum absolute atomic E-state index is 5.35. The number of ether oxygens (including phenoxy) is 1. The number of nitrogens with two attached hydrogens (primary N) is 1. The molecule has 0 aromatic carbocycles. The number of anilines is 3. The summed E-state index contributed by atoms with van der Waals surface area (Å²) in [5.74, 6) is 6.92. The topological polar surface area (TPSA) is 92.4 Å². The van der Waals surface area contributed by atoms with Gasteiger partial charge in [-0.3, -0.25) is 5.43 Å². The SMILES string of the molecule is CN(C)c1nc(NN)nc(N2CCOCC2)n1. The standard InChI is InChI=1S/C9H17N7O/c1-15(2)8-11-7(14-10)12-9(13-8)16-3-5-17-6-4-16/h3-6,10H2,1-2H3,(H,11,12,13,14). The highest BCUT2D eigenvalue weighted by atomic mass is 16.5. The molecule has 8 heteroatoms. The van der Waals surface area contributed by atoms with Crippen LogP contribution in [0.15, 0.2) is 0 Å². The van der Waals surface area contributed by atoms with Crippen LogP contribution in [0.4, 0.5) is 17.8 Å². The lowest BCUT2D eigenvalue weighted by molar-refractivity contribution is 0.122. The summed E-state index contributed by atoms with van der Waals surface area (Å²) >= 11 is 0. The molecule has 3 N–H and O–H groups in total. The van der Waals surface area contributed by atoms with Crippen LogP contribution in [0.25, 0.3) is 0 Å². The van der Waals surface area contributed by atoms with Crippen molar-refractivity contribution >= 4 is 17.8 Å². The van der Waals surface area contributed by atoms with Gasteiger partial charge in [-0.1, -0.05) is 0 Å². The van der Waals surface area contributed by atoms with Gasteiger partial charge in [-0.05, 0) is 0 Å². The van der Waals surface area contributed by atoms with E-state index >= 15 is 0 Å². The zero-order valence-corrected chi connectivity index (χ0v) is 10.1. The number of morpholine rings is 1. The van der Waals surface area contributed by atoms with E-state index in [2.05, 4.69) is 25.3 Å². The van der Waals surface area contributed by atoms with Crippen LogP contribution in [0, 0.1) is 0 Å². The highest BCUT2D eigenvalue weighted by molar-refractivity contribution is 5.44. The van der Waals surface area contributed by atoms with Crippen LogP contribution in [0.2, 0.25) is 0 Å². The zero-order valence-electron chi connectivity index (χ0n) is 10.1. The van der Waals surface area contributed by atoms with Crippen LogP contribution in [0.1, 0.15) is 0 Å². The minimum absolute atomic E-state index is 0.366. The van der Waals surface area contributed by atoms with Gasteiger partial charge >= 0.3 is 0 Å². The minimum atomic E-state index is 0.366. The lowest BCUT2D eigenvalue weighted by Crippen LogP contribution is -2.38. The van der Waals surface area contributed by atoms with Crippen molar-refractivity contribution in [1.29, 1.82) is 0 Å². The molecule has 0 atom stereocenters. The van der Waals surface area contributed by atoms with E-state index in [9.17, 15) is 0 Å². The second-order valence-corrected chi connectivity index (χ2v) is 3.90. The van der Waals surface area contributed by atoms with Crippen molar-refractivity contribution in [1.82, 2.24) is 15.0 Å². The summed E-state index contributed by atoms with van der Waals surface area (Å²) in [7, 11) is 3.75. The van der Waals surface area contributed by atoms with Gasteiger partial charge in [-0.2, -0.15) is 15.0 Å². The van der Waals surface area contributed by atoms with E-state index in [-0.39, 0.29) is 0 Å². The van der Waals surface area contributed by atoms with Crippen LogP contribution < -0.4 is 21.1 Å². The third-order valence-electron chi connectivity index (χ3n) is 2.43. The first-order chi connectivity index (χ1) is 8.20. The van der Waals surface area contributed by atoms with Crippen molar-refractivity contribution < 1.29 is 4.74 Å². The summed E-state index contributed by atoms with van der Waals surface area (Å²) in [6.07, 6.45) is 0. The molecule has 1 fully saturated rings. The molecular formula is C9H17N7O. The fourth-order valence-corrected chi connectivity index (χ4v) is 1.52. The quantitative estimate of drug-likeness (QED) is 0.516. The van der Waals surface area contributed by atoms with Gasteiger partial charge in [0, 0.05) is 27.2 Å². The fraction of sp³-hybridized carbons (Fsp3) is 0.667. The van der Waals surface area contributed by atoms with Crippen molar-refractivity contribution in [3.8, 4) is 0 Å². The number of nitrogens with zero attached hydrogens (tertiary/aromatic N) is 5. The maximum Gasteiger partial charge on any atom is 0.243 e. The minimum Gasteiger partial charge on any atom is -0.378 e. The molecule has 1 saturated heterocycles. The Balaban J connectivity index is 2.28. The van der Waals surface area contributed by atoms with E-state index in [0.29, 0.717) is 31.1 Å². The molecule has 0 saturated carbocycles. The lowest BCUT2D eigenvalue weighted by Gasteiger charge is -2.27. The van der Waals surface area contributed by atoms with Crippen LogP contribution >= 0.6 is 0 Å². The van der Waals surface area contributed by atoms with Gasteiger partial charge in [0.1, 0.15) is 0 Å². The lowest BCUT2D eigenvalue weighted by atomic mass is 10.4. The third-order valence-corrected chi connectivity index (χ3v) is 2.43. The van der Waals surface area contributed by atoms with Crippen molar-refractivity contribution in [2.45, 2.75) is 0 Å². The Labute approximate surface area is 99.8 Å². The van der Waals surface area contributed by atoms with Gasteiger partial charge in [0.15, 0.2) is 0 Å². The normalized spacial score (nSPS) is 15.8. The highest BCUT2D eigenvalue weighted by Gasteiger charge is 2.16. The number of nitrogens with one attached hydrogen (secondary N) is 1. The van der Waals surface area contributed by atoms with Gasteiger partial charge in [-0.15, -0.1) is 0 Å². The first-order valence-electron chi connectivity index (χ1n) is 5.43. The van der Waals surface area contributed by atoms with Gasteiger partial charge in [0.2, 0.25) is 17.8 Å². The van der Waals surface area contributed by atoms with Crippen molar-refractivity contribution in [3.05, 3.63) is 0 Å². The predicted molar refractivity (Wildman–Crippen MR) is 65.0 cm³/mol. The Morgan fingerprint density at radius 2 is 1.94 bits per heavy atom. The molecule has 1 aromatic heterocycles. The summed E-state index contributed by atoms with van der Waals surface area (Å²) in [5.41, 5.74) is 2.45. The van der Waals surface area contributed by atoms with Gasteiger partial charge in [0.05, 0.1) is 13.2 Å². The summed E-state index contributed by atoms with van der Waals surface area (Å²) in [5, 5.41) is 0. The number of rotatable bonds is 3. The molecule has 2 heterocycles. The Morgan fingerprint density at radius 3 is 2.53 bits per heavy atom. The first-order valence-corrected chi connectivity index (χ1v) is 5.43. The maximum atomic E-state index is 5.35. The summed E-state index contributed by atoms with van der Waals surface area (Å²) in [6.45, 7) is 2.94. The van der Waals surface area contributed by atoms with Gasteiger partial charge in [0.25, 0.3) is 0 Å². The van der Waals surface area contributed by atoms with Crippen molar-refractivity contribution in [3.63, 3.8) is 0 Å². The van der Waals surface area contributed by atoms with E-state index in [1.165, 1.54) is 0 Å². The molecule has 0 aliphatic carbocycles. The van der Waals surface area contributed by atoms with Crippen LogP contribution in [0.3, 0.4) is 0 Å². The van der Waals surface area contributed by atoms with E-state index < -0.39 is 0 Å². The third kappa shape index (κ3) is 2.71. The Bertz CT molecular complexity index is 378. The fourth-order valence-electron chi connectivity index (χ4n) is 1.52. The molecule has 94 valence electrons. The Hall–Kier alpha value is -1.67. The van der Waals surface area contributed by atoms with E-state index in [0.717, 1.165) is 13.1 Å². The average Bonchev–Trinajstić information content (AvgIpc) is 2.39. The molecular weight excluding hydrogens is 222 g/mol. The summed E-state index contributed by atoms with van der Waals surface area (Å²) in [6, 6.07) is 0. The van der Waals surface area contributed by atoms with E-state index in [1.807, 2.05) is 19.0 Å². The average molecular weight is 239 g/mol. The summed E-state index contributed by atoms with van der Waals surface area (Å²) in [4.78, 5) is 16.6. The van der Waals surface area contributed by atoms with E-state index in [4.69, 9.17) is 10.6 Å². The molecule has 0 spiro atoms. The van der Waals surface area contributed by atoms with Crippen LogP contribution in [-0.2, 0) is 4.74 Å². The second-order valence-electron chi connectivity index (χ2n) is 3.90. The monoisotopic (exact) mass is 239 g/mol. The van der Waals surface area contributed by atoms with Crippen LogP contribution in [-0.4, -0.2) is 55.4 Å². The molecule has 17 heavy (non-hydrogen) atoms. The second kappa shape index (κ2) is 5.11. The molecule has 0 bridgehead atoms. The van der Waals surface area contributed by atoms with Gasteiger partial charge < -0.3 is 14.5 Å². The Morgan fingerprint density at radius 1 is 1.24 bits per heavy atom. The molecule has 1 aliphatic rings. The number of hydrogen-bond acceptors (Lipinski definition) is 8. The van der Waals surface area contributed by atoms with Crippen LogP contribution in [0.5, 0.6) is 0 Å².